The summed E-state index contributed by atoms with van der Waals surface area (Å²) in [5, 5.41) is 7.99. The van der Waals surface area contributed by atoms with Gasteiger partial charge < -0.3 is 5.32 Å². The van der Waals surface area contributed by atoms with E-state index in [9.17, 15) is 4.79 Å². The Balaban J connectivity index is 1.97. The monoisotopic (exact) mass is 264 g/mol. The predicted molar refractivity (Wildman–Crippen MR) is 70.7 cm³/mol. The molecule has 1 unspecified atom stereocenters. The first-order valence-electron chi connectivity index (χ1n) is 5.78. The van der Waals surface area contributed by atoms with Gasteiger partial charge in [0.25, 0.3) is 5.91 Å². The van der Waals surface area contributed by atoms with Crippen molar-refractivity contribution in [1.29, 1.82) is 0 Å². The molecule has 0 saturated carbocycles. The van der Waals surface area contributed by atoms with Crippen LogP contribution in [0.5, 0.6) is 0 Å². The number of nitrogens with zero attached hydrogens (tertiary/aromatic N) is 3. The number of hydrogen-bond acceptors (Lipinski definition) is 4. The molecule has 96 valence electrons. The summed E-state index contributed by atoms with van der Waals surface area (Å²) in [5.74, 6) is -0.0576. The third kappa shape index (κ3) is 2.95. The maximum absolute atomic E-state index is 12.0. The van der Waals surface area contributed by atoms with Crippen molar-refractivity contribution in [2.24, 2.45) is 0 Å². The number of carbonyl (C=O) groups is 1. The van der Waals surface area contributed by atoms with Crippen molar-refractivity contribution in [3.8, 4) is 0 Å². The van der Waals surface area contributed by atoms with Gasteiger partial charge in [0.15, 0.2) is 0 Å². The number of amides is 1. The Labute approximate surface area is 110 Å². The predicted octanol–water partition coefficient (Wildman–Crippen LogP) is 1.77. The Morgan fingerprint density at radius 1 is 1.56 bits per heavy atom. The van der Waals surface area contributed by atoms with Crippen LogP contribution in [0.4, 0.5) is 0 Å². The zero-order valence-corrected chi connectivity index (χ0v) is 11.5. The van der Waals surface area contributed by atoms with Crippen LogP contribution in [0.1, 0.15) is 27.3 Å². The smallest absolute Gasteiger partial charge is 0.263 e. The van der Waals surface area contributed by atoms with Gasteiger partial charge in [-0.1, -0.05) is 0 Å². The third-order valence-corrected chi connectivity index (χ3v) is 3.58. The quantitative estimate of drug-likeness (QED) is 0.915. The van der Waals surface area contributed by atoms with Gasteiger partial charge in [0.2, 0.25) is 0 Å². The summed E-state index contributed by atoms with van der Waals surface area (Å²) in [5.41, 5.74) is 0.793. The fourth-order valence-electron chi connectivity index (χ4n) is 1.77. The Kier molecular flexibility index (Phi) is 3.76. The van der Waals surface area contributed by atoms with E-state index in [4.69, 9.17) is 0 Å². The lowest BCUT2D eigenvalue weighted by molar-refractivity contribution is 0.0939. The van der Waals surface area contributed by atoms with Gasteiger partial charge in [0.1, 0.15) is 4.88 Å². The summed E-state index contributed by atoms with van der Waals surface area (Å²) in [6, 6.07) is 1.89. The second-order valence-electron chi connectivity index (χ2n) is 4.25. The van der Waals surface area contributed by atoms with Crippen LogP contribution in [-0.4, -0.2) is 26.7 Å². The molecule has 1 atom stereocenters. The largest absolute Gasteiger partial charge is 0.347 e. The highest BCUT2D eigenvalue weighted by atomic mass is 32.1. The van der Waals surface area contributed by atoms with Crippen LogP contribution >= 0.6 is 11.3 Å². The van der Waals surface area contributed by atoms with E-state index in [0.29, 0.717) is 11.4 Å². The molecule has 0 aliphatic heterocycles. The van der Waals surface area contributed by atoms with E-state index in [1.807, 2.05) is 33.0 Å². The molecule has 0 spiro atoms. The second-order valence-corrected chi connectivity index (χ2v) is 5.45. The van der Waals surface area contributed by atoms with Gasteiger partial charge >= 0.3 is 0 Å². The van der Waals surface area contributed by atoms with Crippen molar-refractivity contribution in [3.05, 3.63) is 34.0 Å². The topological polar surface area (TPSA) is 59.8 Å². The Hall–Kier alpha value is -1.69. The molecule has 0 radical (unpaired) electrons. The Morgan fingerprint density at radius 3 is 2.89 bits per heavy atom. The van der Waals surface area contributed by atoms with Crippen molar-refractivity contribution in [2.45, 2.75) is 33.4 Å². The number of thiazole rings is 1. The van der Waals surface area contributed by atoms with E-state index in [1.165, 1.54) is 11.3 Å². The molecule has 5 nitrogen and oxygen atoms in total. The van der Waals surface area contributed by atoms with E-state index < -0.39 is 0 Å². The van der Waals surface area contributed by atoms with E-state index in [0.717, 1.165) is 10.7 Å². The zero-order chi connectivity index (χ0) is 13.1. The summed E-state index contributed by atoms with van der Waals surface area (Å²) in [6.45, 7) is 6.39. The highest BCUT2D eigenvalue weighted by molar-refractivity contribution is 7.13. The minimum atomic E-state index is -0.0576. The third-order valence-electron chi connectivity index (χ3n) is 2.51. The zero-order valence-electron chi connectivity index (χ0n) is 10.7. The molecule has 0 bridgehead atoms. The van der Waals surface area contributed by atoms with Gasteiger partial charge in [0, 0.05) is 18.4 Å². The molecule has 0 aliphatic rings. The summed E-state index contributed by atoms with van der Waals surface area (Å²) in [4.78, 5) is 17.0. The SMILES string of the molecule is Cc1nc(C)c(C(=O)NC(C)Cn2cccn2)s1. The van der Waals surface area contributed by atoms with Crippen LogP contribution in [0.2, 0.25) is 0 Å². The maximum atomic E-state index is 12.0. The Bertz CT molecular complexity index is 532. The summed E-state index contributed by atoms with van der Waals surface area (Å²) in [7, 11) is 0. The van der Waals surface area contributed by atoms with Crippen molar-refractivity contribution in [3.63, 3.8) is 0 Å². The maximum Gasteiger partial charge on any atom is 0.263 e. The molecule has 1 amide bonds. The second kappa shape index (κ2) is 5.30. The average Bonchev–Trinajstić information content (AvgIpc) is 2.88. The van der Waals surface area contributed by atoms with Gasteiger partial charge in [-0.25, -0.2) is 4.98 Å². The van der Waals surface area contributed by atoms with E-state index in [-0.39, 0.29) is 11.9 Å². The number of aromatic nitrogens is 3. The van der Waals surface area contributed by atoms with E-state index in [1.54, 1.807) is 10.9 Å². The number of nitrogens with one attached hydrogen (secondary N) is 1. The first-order valence-corrected chi connectivity index (χ1v) is 6.60. The fraction of sp³-hybridized carbons (Fsp3) is 0.417. The van der Waals surface area contributed by atoms with Crippen LogP contribution in [-0.2, 0) is 6.54 Å². The molecule has 0 aromatic carbocycles. The molecule has 2 aromatic rings. The van der Waals surface area contributed by atoms with Crippen LogP contribution < -0.4 is 5.32 Å². The summed E-state index contributed by atoms with van der Waals surface area (Å²) < 4.78 is 1.80. The minimum Gasteiger partial charge on any atom is -0.347 e. The molecular formula is C12H16N4OS. The first-order chi connectivity index (χ1) is 8.56. The lowest BCUT2D eigenvalue weighted by atomic mass is 10.3. The standard InChI is InChI=1S/C12H16N4OS/c1-8(7-16-6-4-5-13-16)14-12(17)11-9(2)15-10(3)18-11/h4-6,8H,7H2,1-3H3,(H,14,17). The number of hydrogen-bond donors (Lipinski definition) is 1. The van der Waals surface area contributed by atoms with Crippen molar-refractivity contribution in [1.82, 2.24) is 20.1 Å². The molecule has 2 heterocycles. The summed E-state index contributed by atoms with van der Waals surface area (Å²) >= 11 is 1.43. The molecule has 0 fully saturated rings. The molecule has 2 rings (SSSR count). The fourth-order valence-corrected chi connectivity index (χ4v) is 2.59. The number of rotatable bonds is 4. The molecule has 1 N–H and O–H groups in total. The van der Waals surface area contributed by atoms with Gasteiger partial charge in [0.05, 0.1) is 17.2 Å². The van der Waals surface area contributed by atoms with Crippen LogP contribution in [0, 0.1) is 13.8 Å². The first kappa shape index (κ1) is 12.8. The van der Waals surface area contributed by atoms with Crippen LogP contribution in [0.3, 0.4) is 0 Å². The van der Waals surface area contributed by atoms with Crippen LogP contribution in [0.15, 0.2) is 18.5 Å². The number of carbonyl (C=O) groups excluding carboxylic acids is 1. The molecule has 2 aromatic heterocycles. The molecule has 18 heavy (non-hydrogen) atoms. The van der Waals surface area contributed by atoms with Gasteiger partial charge in [-0.15, -0.1) is 11.3 Å². The van der Waals surface area contributed by atoms with Crippen molar-refractivity contribution < 1.29 is 4.79 Å². The number of aryl methyl sites for hydroxylation is 2. The highest BCUT2D eigenvalue weighted by Gasteiger charge is 2.15. The van der Waals surface area contributed by atoms with E-state index >= 15 is 0 Å². The highest BCUT2D eigenvalue weighted by Crippen LogP contribution is 2.16. The Morgan fingerprint density at radius 2 is 2.33 bits per heavy atom. The normalized spacial score (nSPS) is 12.4. The lowest BCUT2D eigenvalue weighted by Crippen LogP contribution is -2.35. The van der Waals surface area contributed by atoms with E-state index in [2.05, 4.69) is 15.4 Å². The lowest BCUT2D eigenvalue weighted by Gasteiger charge is -2.13. The molecular weight excluding hydrogens is 248 g/mol. The van der Waals surface area contributed by atoms with Crippen LogP contribution in [0.25, 0.3) is 0 Å². The van der Waals surface area contributed by atoms with Gasteiger partial charge in [-0.05, 0) is 26.8 Å². The van der Waals surface area contributed by atoms with Crippen molar-refractivity contribution in [2.75, 3.05) is 0 Å². The van der Waals surface area contributed by atoms with Gasteiger partial charge in [-0.3, -0.25) is 9.48 Å². The molecule has 6 heteroatoms. The van der Waals surface area contributed by atoms with Crippen molar-refractivity contribution >= 4 is 17.2 Å². The summed E-state index contributed by atoms with van der Waals surface area (Å²) in [6.07, 6.45) is 3.61. The minimum absolute atomic E-state index is 0.0270. The molecule has 0 aliphatic carbocycles. The van der Waals surface area contributed by atoms with Gasteiger partial charge in [-0.2, -0.15) is 5.10 Å². The molecule has 0 saturated heterocycles. The average molecular weight is 264 g/mol.